The fraction of sp³-hybridized carbons (Fsp3) is 0.467. The van der Waals surface area contributed by atoms with Crippen molar-refractivity contribution in [2.45, 2.75) is 32.2 Å². The van der Waals surface area contributed by atoms with Crippen molar-refractivity contribution in [3.8, 4) is 0 Å². The molecule has 6 nitrogen and oxygen atoms in total. The van der Waals surface area contributed by atoms with Gasteiger partial charge in [-0.25, -0.2) is 9.97 Å². The number of carbonyl (C=O) groups is 1. The Morgan fingerprint density at radius 3 is 2.76 bits per heavy atom. The second kappa shape index (κ2) is 5.63. The molecule has 2 heterocycles. The van der Waals surface area contributed by atoms with Crippen molar-refractivity contribution in [2.24, 2.45) is 13.0 Å². The topological polar surface area (TPSA) is 72.7 Å². The molecule has 1 N–H and O–H groups in total. The molecule has 1 aliphatic rings. The average Bonchev–Trinajstić information content (AvgIpc) is 3.27. The van der Waals surface area contributed by atoms with Gasteiger partial charge < -0.3 is 5.32 Å². The number of hydrogen-bond donors (Lipinski definition) is 1. The van der Waals surface area contributed by atoms with Crippen LogP contribution < -0.4 is 5.32 Å². The van der Waals surface area contributed by atoms with E-state index in [2.05, 4.69) is 20.4 Å². The Balaban J connectivity index is 1.81. The molecule has 0 bridgehead atoms. The summed E-state index contributed by atoms with van der Waals surface area (Å²) in [4.78, 5) is 21.1. The van der Waals surface area contributed by atoms with E-state index in [9.17, 15) is 4.79 Å². The second-order valence-electron chi connectivity index (χ2n) is 5.38. The van der Waals surface area contributed by atoms with Crippen molar-refractivity contribution < 1.29 is 4.79 Å². The number of hydrogen-bond acceptors (Lipinski definition) is 4. The number of nitrogens with zero attached hydrogens (tertiary/aromatic N) is 4. The van der Waals surface area contributed by atoms with Crippen LogP contribution in [0.3, 0.4) is 0 Å². The zero-order valence-electron chi connectivity index (χ0n) is 12.3. The highest BCUT2D eigenvalue weighted by Gasteiger charge is 2.35. The summed E-state index contributed by atoms with van der Waals surface area (Å²) in [6.45, 7) is 2.02. The molecule has 1 fully saturated rings. The number of nitrogens with one attached hydrogen (secondary N) is 1. The Morgan fingerprint density at radius 2 is 2.14 bits per heavy atom. The maximum atomic E-state index is 12.5. The second-order valence-corrected chi connectivity index (χ2v) is 5.38. The highest BCUT2D eigenvalue weighted by Crippen LogP contribution is 2.39. The van der Waals surface area contributed by atoms with Crippen molar-refractivity contribution in [2.75, 3.05) is 0 Å². The van der Waals surface area contributed by atoms with Crippen LogP contribution >= 0.6 is 0 Å². The Kier molecular flexibility index (Phi) is 3.68. The highest BCUT2D eigenvalue weighted by molar-refractivity contribution is 5.95. The summed E-state index contributed by atoms with van der Waals surface area (Å²) in [7, 11) is 1.86. The lowest BCUT2D eigenvalue weighted by Gasteiger charge is -2.16. The molecule has 110 valence electrons. The smallest absolute Gasteiger partial charge is 0.255 e. The molecule has 0 aliphatic heterocycles. The molecule has 21 heavy (non-hydrogen) atoms. The van der Waals surface area contributed by atoms with E-state index in [0.29, 0.717) is 17.3 Å². The molecular weight excluding hydrogens is 266 g/mol. The Labute approximate surface area is 123 Å². The predicted molar refractivity (Wildman–Crippen MR) is 77.5 cm³/mol. The van der Waals surface area contributed by atoms with Crippen molar-refractivity contribution >= 4 is 5.91 Å². The van der Waals surface area contributed by atoms with Crippen LogP contribution in [0.2, 0.25) is 0 Å². The van der Waals surface area contributed by atoms with Crippen molar-refractivity contribution in [1.82, 2.24) is 25.1 Å². The summed E-state index contributed by atoms with van der Waals surface area (Å²) in [5, 5.41) is 7.26. The summed E-state index contributed by atoms with van der Waals surface area (Å²) in [6.07, 6.45) is 8.05. The minimum atomic E-state index is -0.108. The van der Waals surface area contributed by atoms with Gasteiger partial charge in [0, 0.05) is 19.4 Å². The van der Waals surface area contributed by atoms with E-state index in [4.69, 9.17) is 0 Å². The Morgan fingerprint density at radius 1 is 1.43 bits per heavy atom. The molecule has 0 radical (unpaired) electrons. The zero-order chi connectivity index (χ0) is 14.8. The summed E-state index contributed by atoms with van der Waals surface area (Å²) in [5.74, 6) is 1.04. The number of aromatic nitrogens is 4. The first-order valence-electron chi connectivity index (χ1n) is 7.29. The van der Waals surface area contributed by atoms with Crippen LogP contribution in [0.15, 0.2) is 24.7 Å². The van der Waals surface area contributed by atoms with E-state index in [-0.39, 0.29) is 11.9 Å². The average molecular weight is 285 g/mol. The summed E-state index contributed by atoms with van der Waals surface area (Å²) < 4.78 is 1.75. The fourth-order valence-electron chi connectivity index (χ4n) is 2.58. The van der Waals surface area contributed by atoms with Gasteiger partial charge in [0.1, 0.15) is 0 Å². The van der Waals surface area contributed by atoms with Gasteiger partial charge >= 0.3 is 0 Å². The van der Waals surface area contributed by atoms with Crippen molar-refractivity contribution in [3.05, 3.63) is 41.7 Å². The van der Waals surface area contributed by atoms with E-state index in [1.165, 1.54) is 0 Å². The minimum Gasteiger partial charge on any atom is -0.342 e. The SMILES string of the molecule is CCc1c(C(=O)NC(c2ncccn2)C2CC2)cnn1C. The normalized spacial score (nSPS) is 15.7. The molecule has 1 saturated carbocycles. The van der Waals surface area contributed by atoms with Crippen LogP contribution in [-0.2, 0) is 13.5 Å². The van der Waals surface area contributed by atoms with E-state index >= 15 is 0 Å². The van der Waals surface area contributed by atoms with Crippen LogP contribution in [0.4, 0.5) is 0 Å². The van der Waals surface area contributed by atoms with Crippen LogP contribution in [0.1, 0.15) is 47.7 Å². The Bertz CT molecular complexity index is 633. The molecule has 2 aromatic heterocycles. The lowest BCUT2D eigenvalue weighted by Crippen LogP contribution is -2.31. The van der Waals surface area contributed by atoms with E-state index in [1.807, 2.05) is 14.0 Å². The summed E-state index contributed by atoms with van der Waals surface area (Å²) in [6, 6.07) is 1.68. The third-order valence-electron chi connectivity index (χ3n) is 3.89. The number of amides is 1. The van der Waals surface area contributed by atoms with Crippen LogP contribution in [0.25, 0.3) is 0 Å². The molecule has 1 amide bonds. The highest BCUT2D eigenvalue weighted by atomic mass is 16.1. The van der Waals surface area contributed by atoms with Crippen molar-refractivity contribution in [1.29, 1.82) is 0 Å². The number of carbonyl (C=O) groups excluding carboxylic acids is 1. The maximum absolute atomic E-state index is 12.5. The van der Waals surface area contributed by atoms with Gasteiger partial charge in [0.25, 0.3) is 5.91 Å². The van der Waals surface area contributed by atoms with Gasteiger partial charge in [0.15, 0.2) is 5.82 Å². The number of aryl methyl sites for hydroxylation is 1. The first kappa shape index (κ1) is 13.7. The predicted octanol–water partition coefficient (Wildman–Crippen LogP) is 1.65. The molecule has 6 heteroatoms. The monoisotopic (exact) mass is 285 g/mol. The van der Waals surface area contributed by atoms with Crippen LogP contribution in [-0.4, -0.2) is 25.7 Å². The van der Waals surface area contributed by atoms with Gasteiger partial charge in [0.2, 0.25) is 0 Å². The van der Waals surface area contributed by atoms with Gasteiger partial charge in [0.05, 0.1) is 23.5 Å². The molecule has 1 aliphatic carbocycles. The Hall–Kier alpha value is -2.24. The molecule has 0 spiro atoms. The van der Waals surface area contributed by atoms with Gasteiger partial charge in [-0.1, -0.05) is 6.92 Å². The standard InChI is InChI=1S/C15H19N5O/c1-3-12-11(9-18-20(12)2)15(21)19-13(10-5-6-10)14-16-7-4-8-17-14/h4,7-10,13H,3,5-6H2,1-2H3,(H,19,21). The lowest BCUT2D eigenvalue weighted by atomic mass is 10.1. The quantitative estimate of drug-likeness (QED) is 0.906. The maximum Gasteiger partial charge on any atom is 0.255 e. The lowest BCUT2D eigenvalue weighted by molar-refractivity contribution is 0.0928. The van der Waals surface area contributed by atoms with Crippen molar-refractivity contribution in [3.63, 3.8) is 0 Å². The molecule has 1 atom stereocenters. The zero-order valence-corrected chi connectivity index (χ0v) is 12.3. The molecule has 3 rings (SSSR count). The van der Waals surface area contributed by atoms with Crippen LogP contribution in [0, 0.1) is 5.92 Å². The fourth-order valence-corrected chi connectivity index (χ4v) is 2.58. The molecule has 2 aromatic rings. The summed E-state index contributed by atoms with van der Waals surface area (Å²) >= 11 is 0. The van der Waals surface area contributed by atoms with E-state index < -0.39 is 0 Å². The first-order valence-corrected chi connectivity index (χ1v) is 7.29. The third-order valence-corrected chi connectivity index (χ3v) is 3.89. The van der Waals surface area contributed by atoms with Gasteiger partial charge in [-0.3, -0.25) is 9.48 Å². The van der Waals surface area contributed by atoms with E-state index in [0.717, 1.165) is 25.0 Å². The molecule has 0 saturated heterocycles. The third kappa shape index (κ3) is 2.79. The van der Waals surface area contributed by atoms with Gasteiger partial charge in [-0.05, 0) is 31.2 Å². The largest absolute Gasteiger partial charge is 0.342 e. The van der Waals surface area contributed by atoms with Gasteiger partial charge in [-0.15, -0.1) is 0 Å². The van der Waals surface area contributed by atoms with Gasteiger partial charge in [-0.2, -0.15) is 5.10 Å². The van der Waals surface area contributed by atoms with E-state index in [1.54, 1.807) is 29.3 Å². The summed E-state index contributed by atoms with van der Waals surface area (Å²) in [5.41, 5.74) is 1.58. The molecule has 0 aromatic carbocycles. The van der Waals surface area contributed by atoms with Crippen LogP contribution in [0.5, 0.6) is 0 Å². The molecule has 1 unspecified atom stereocenters. The molecular formula is C15H19N5O. The first-order chi connectivity index (χ1) is 10.2. The minimum absolute atomic E-state index is 0.0932. The number of rotatable bonds is 5.